The number of nitro groups is 1. The van der Waals surface area contributed by atoms with Gasteiger partial charge in [-0.2, -0.15) is 0 Å². The van der Waals surface area contributed by atoms with Crippen molar-refractivity contribution < 1.29 is 19.6 Å². The first-order valence-corrected chi connectivity index (χ1v) is 5.47. The summed E-state index contributed by atoms with van der Waals surface area (Å²) in [5.74, 6) is -0.174. The third kappa shape index (κ3) is 6.72. The Morgan fingerprint density at radius 1 is 1.59 bits per heavy atom. The van der Waals surface area contributed by atoms with Crippen molar-refractivity contribution in [1.82, 2.24) is 0 Å². The summed E-state index contributed by atoms with van der Waals surface area (Å²) in [5.41, 5.74) is 3.73. The molecule has 3 N–H and O–H groups in total. The van der Waals surface area contributed by atoms with Crippen LogP contribution in [0.15, 0.2) is 0 Å². The van der Waals surface area contributed by atoms with Crippen LogP contribution in [0.25, 0.3) is 0 Å². The fourth-order valence-corrected chi connectivity index (χ4v) is 1.58. The van der Waals surface area contributed by atoms with Crippen molar-refractivity contribution in [3.63, 3.8) is 0 Å². The highest BCUT2D eigenvalue weighted by Crippen LogP contribution is 2.22. The smallest absolute Gasteiger partial charge is 0.404 e. The molecule has 0 bridgehead atoms. The van der Waals surface area contributed by atoms with E-state index in [0.29, 0.717) is 12.8 Å². The summed E-state index contributed by atoms with van der Waals surface area (Å²) in [7, 11) is 0. The molecule has 1 atom stereocenters. The Kier molecular flexibility index (Phi) is 6.48. The molecule has 0 fully saturated rings. The molecule has 7 heteroatoms. The van der Waals surface area contributed by atoms with Crippen molar-refractivity contribution in [2.75, 3.05) is 13.2 Å². The monoisotopic (exact) mass is 248 g/mol. The molecule has 0 rings (SSSR count). The number of nitrogens with zero attached hydrogens (tertiary/aromatic N) is 1. The van der Waals surface area contributed by atoms with Gasteiger partial charge in [-0.15, -0.1) is 0 Å². The second kappa shape index (κ2) is 7.05. The maximum absolute atomic E-state index is 10.7. The van der Waals surface area contributed by atoms with Gasteiger partial charge in [-0.1, -0.05) is 0 Å². The molecular weight excluding hydrogens is 228 g/mol. The number of primary amides is 1. The van der Waals surface area contributed by atoms with Crippen LogP contribution in [-0.4, -0.2) is 34.9 Å². The van der Waals surface area contributed by atoms with E-state index in [1.807, 2.05) is 0 Å². The fraction of sp³-hybridized carbons (Fsp3) is 0.900. The number of carbonyl (C=O) groups excluding carboxylic acids is 1. The number of ether oxygens (including phenoxy) is 1. The minimum atomic E-state index is -1.06. The van der Waals surface area contributed by atoms with Gasteiger partial charge in [-0.25, -0.2) is 4.79 Å². The number of nitrogens with two attached hydrogens (primary N) is 1. The first kappa shape index (κ1) is 15.6. The van der Waals surface area contributed by atoms with Gasteiger partial charge in [0.15, 0.2) is 0 Å². The van der Waals surface area contributed by atoms with Crippen LogP contribution in [0.5, 0.6) is 0 Å². The van der Waals surface area contributed by atoms with Gasteiger partial charge in [0.2, 0.25) is 5.54 Å². The number of aliphatic hydroxyl groups is 1. The number of rotatable bonds is 8. The zero-order valence-corrected chi connectivity index (χ0v) is 10.2. The topological polar surface area (TPSA) is 116 Å². The Bertz CT molecular complexity index is 267. The molecule has 7 nitrogen and oxygen atoms in total. The average Bonchev–Trinajstić information content (AvgIpc) is 2.21. The van der Waals surface area contributed by atoms with Gasteiger partial charge in [0.05, 0.1) is 6.61 Å². The maximum Gasteiger partial charge on any atom is 0.404 e. The van der Waals surface area contributed by atoms with E-state index in [0.717, 1.165) is 0 Å². The van der Waals surface area contributed by atoms with Crippen molar-refractivity contribution in [3.05, 3.63) is 10.1 Å². The zero-order chi connectivity index (χ0) is 13.5. The van der Waals surface area contributed by atoms with E-state index in [9.17, 15) is 14.9 Å². The maximum atomic E-state index is 10.7. The molecule has 100 valence electrons. The highest BCUT2D eigenvalue weighted by atomic mass is 16.6. The van der Waals surface area contributed by atoms with Crippen LogP contribution < -0.4 is 5.73 Å². The minimum Gasteiger partial charge on any atom is -0.450 e. The lowest BCUT2D eigenvalue weighted by Gasteiger charge is -2.21. The number of carbonyl (C=O) groups is 1. The summed E-state index contributed by atoms with van der Waals surface area (Å²) in [6.45, 7) is 3.10. The highest BCUT2D eigenvalue weighted by molar-refractivity contribution is 5.64. The molecule has 0 aliphatic carbocycles. The normalized spacial score (nSPS) is 13.1. The summed E-state index contributed by atoms with van der Waals surface area (Å²) in [6.07, 6.45) is 0.534. The number of hydrogen-bond donors (Lipinski definition) is 2. The van der Waals surface area contributed by atoms with E-state index in [1.54, 1.807) is 0 Å². The lowest BCUT2D eigenvalue weighted by molar-refractivity contribution is -0.563. The number of hydrogen-bond acceptors (Lipinski definition) is 5. The molecular formula is C10H20N2O5. The van der Waals surface area contributed by atoms with Gasteiger partial charge >= 0.3 is 6.09 Å². The van der Waals surface area contributed by atoms with Crippen LogP contribution >= 0.6 is 0 Å². The first-order chi connectivity index (χ1) is 7.79. The Labute approximate surface area is 100 Å². The molecule has 0 saturated carbocycles. The predicted molar refractivity (Wildman–Crippen MR) is 61.0 cm³/mol. The quantitative estimate of drug-likeness (QED) is 0.376. The Balaban J connectivity index is 4.00. The summed E-state index contributed by atoms with van der Waals surface area (Å²) in [4.78, 5) is 20.7. The molecule has 0 aliphatic rings. The Morgan fingerprint density at radius 3 is 2.59 bits per heavy atom. The SMILES string of the molecule is CC(C)(C[C@H](CO)CCCOC(N)=O)[N+](=O)[O-]. The number of aliphatic hydroxyl groups excluding tert-OH is 1. The second-order valence-corrected chi connectivity index (χ2v) is 4.63. The standard InChI is InChI=1S/C10H20N2O5/c1-10(2,12(15)16)6-8(7-13)4-3-5-17-9(11)14/h8,13H,3-7H2,1-2H3,(H2,11,14)/t8-/m1/s1. The Morgan fingerprint density at radius 2 is 2.18 bits per heavy atom. The molecule has 0 spiro atoms. The van der Waals surface area contributed by atoms with Gasteiger partial charge in [0, 0.05) is 31.8 Å². The van der Waals surface area contributed by atoms with E-state index in [1.165, 1.54) is 13.8 Å². The van der Waals surface area contributed by atoms with Crippen LogP contribution in [0.1, 0.15) is 33.1 Å². The van der Waals surface area contributed by atoms with Gasteiger partial charge in [0.1, 0.15) is 0 Å². The van der Waals surface area contributed by atoms with Crippen molar-refractivity contribution in [3.8, 4) is 0 Å². The molecule has 0 aromatic heterocycles. The third-order valence-corrected chi connectivity index (χ3v) is 2.54. The number of amides is 1. The molecule has 0 aromatic carbocycles. The molecule has 0 radical (unpaired) electrons. The third-order valence-electron chi connectivity index (χ3n) is 2.54. The molecule has 0 unspecified atom stereocenters. The second-order valence-electron chi connectivity index (χ2n) is 4.63. The van der Waals surface area contributed by atoms with Crippen molar-refractivity contribution >= 4 is 6.09 Å². The lowest BCUT2D eigenvalue weighted by atomic mass is 9.89. The molecule has 0 aliphatic heterocycles. The van der Waals surface area contributed by atoms with Crippen LogP contribution in [0.2, 0.25) is 0 Å². The molecule has 1 amide bonds. The van der Waals surface area contributed by atoms with Gasteiger partial charge in [-0.05, 0) is 18.8 Å². The first-order valence-electron chi connectivity index (χ1n) is 5.47. The largest absolute Gasteiger partial charge is 0.450 e. The predicted octanol–water partition coefficient (Wildman–Crippen LogP) is 0.916. The van der Waals surface area contributed by atoms with Crippen LogP contribution in [0.4, 0.5) is 4.79 Å². The van der Waals surface area contributed by atoms with Crippen LogP contribution in [0.3, 0.4) is 0 Å². The average molecular weight is 248 g/mol. The van der Waals surface area contributed by atoms with E-state index in [-0.39, 0.29) is 30.5 Å². The van der Waals surface area contributed by atoms with Gasteiger partial charge in [-0.3, -0.25) is 10.1 Å². The van der Waals surface area contributed by atoms with E-state index < -0.39 is 11.6 Å². The summed E-state index contributed by atoms with van der Waals surface area (Å²) in [6, 6.07) is 0. The summed E-state index contributed by atoms with van der Waals surface area (Å²) < 4.78 is 4.54. The van der Waals surface area contributed by atoms with E-state index in [2.05, 4.69) is 4.74 Å². The van der Waals surface area contributed by atoms with Crippen molar-refractivity contribution in [1.29, 1.82) is 0 Å². The van der Waals surface area contributed by atoms with E-state index in [4.69, 9.17) is 10.8 Å². The fourth-order valence-electron chi connectivity index (χ4n) is 1.58. The minimum absolute atomic E-state index is 0.117. The summed E-state index contributed by atoms with van der Waals surface area (Å²) in [5, 5.41) is 19.9. The molecule has 0 heterocycles. The van der Waals surface area contributed by atoms with Gasteiger partial charge in [0.25, 0.3) is 0 Å². The van der Waals surface area contributed by atoms with Crippen molar-refractivity contribution in [2.24, 2.45) is 11.7 Å². The summed E-state index contributed by atoms with van der Waals surface area (Å²) >= 11 is 0. The zero-order valence-electron chi connectivity index (χ0n) is 10.2. The van der Waals surface area contributed by atoms with E-state index >= 15 is 0 Å². The van der Waals surface area contributed by atoms with Crippen LogP contribution in [0, 0.1) is 16.0 Å². The highest BCUT2D eigenvalue weighted by Gasteiger charge is 2.33. The molecule has 0 saturated heterocycles. The lowest BCUT2D eigenvalue weighted by Crippen LogP contribution is -2.34. The Hall–Kier alpha value is -1.37. The van der Waals surface area contributed by atoms with Crippen LogP contribution in [-0.2, 0) is 4.74 Å². The molecule has 17 heavy (non-hydrogen) atoms. The van der Waals surface area contributed by atoms with Crippen molar-refractivity contribution in [2.45, 2.75) is 38.6 Å². The molecule has 0 aromatic rings. The van der Waals surface area contributed by atoms with Gasteiger partial charge < -0.3 is 15.6 Å².